The highest BCUT2D eigenvalue weighted by Crippen LogP contribution is 2.33. The molecular formula is C15H16F2N2O2. The minimum Gasteiger partial charge on any atom is -0.313 e. The minimum atomic E-state index is -1.02. The number of Topliss-reactive ketones (excluding diaryl/α,β-unsaturated/α-hetero) is 1. The second-order valence-corrected chi connectivity index (χ2v) is 4.90. The van der Waals surface area contributed by atoms with Gasteiger partial charge < -0.3 is 5.32 Å². The number of rotatable bonds is 6. The van der Waals surface area contributed by atoms with E-state index >= 15 is 0 Å². The number of hydrogen-bond acceptors (Lipinski definition) is 3. The molecule has 1 aromatic rings. The first kappa shape index (κ1) is 15.3. The molecule has 1 aliphatic rings. The highest BCUT2D eigenvalue weighted by atomic mass is 19.1. The van der Waals surface area contributed by atoms with E-state index in [-0.39, 0.29) is 12.2 Å². The number of amides is 1. The minimum absolute atomic E-state index is 0.0192. The summed E-state index contributed by atoms with van der Waals surface area (Å²) in [4.78, 5) is 24.6. The number of hydrogen-bond donors (Lipinski definition) is 1. The number of nitrogens with zero attached hydrogens (tertiary/aromatic N) is 1. The van der Waals surface area contributed by atoms with Crippen LogP contribution < -0.4 is 10.2 Å². The van der Waals surface area contributed by atoms with Gasteiger partial charge in [-0.1, -0.05) is 13.5 Å². The molecule has 1 aliphatic heterocycles. The predicted octanol–water partition coefficient (Wildman–Crippen LogP) is 2.05. The van der Waals surface area contributed by atoms with Gasteiger partial charge in [-0.05, 0) is 30.7 Å². The fourth-order valence-electron chi connectivity index (χ4n) is 2.22. The lowest BCUT2D eigenvalue weighted by Crippen LogP contribution is -2.34. The van der Waals surface area contributed by atoms with Gasteiger partial charge in [-0.3, -0.25) is 14.5 Å². The zero-order valence-corrected chi connectivity index (χ0v) is 11.7. The molecule has 1 amide bonds. The van der Waals surface area contributed by atoms with Gasteiger partial charge in [0.05, 0.1) is 11.3 Å². The Kier molecular flexibility index (Phi) is 4.47. The summed E-state index contributed by atoms with van der Waals surface area (Å²) in [5.74, 6) is -3.62. The smallest absolute Gasteiger partial charge is 0.299 e. The highest BCUT2D eigenvalue weighted by Gasteiger charge is 2.40. The van der Waals surface area contributed by atoms with E-state index in [4.69, 9.17) is 0 Å². The molecule has 0 radical (unpaired) electrons. The summed E-state index contributed by atoms with van der Waals surface area (Å²) in [6.45, 7) is 7.00. The quantitative estimate of drug-likeness (QED) is 0.496. The maximum absolute atomic E-state index is 13.9. The van der Waals surface area contributed by atoms with Gasteiger partial charge in [-0.15, -0.1) is 0 Å². The zero-order valence-electron chi connectivity index (χ0n) is 11.7. The maximum Gasteiger partial charge on any atom is 0.299 e. The van der Waals surface area contributed by atoms with Crippen LogP contribution in [0.5, 0.6) is 0 Å². The Bertz CT molecular complexity index is 614. The molecule has 1 aromatic carbocycles. The molecule has 0 fully saturated rings. The Morgan fingerprint density at radius 2 is 1.95 bits per heavy atom. The average Bonchev–Trinajstić information content (AvgIpc) is 2.69. The third-order valence-corrected chi connectivity index (χ3v) is 3.20. The van der Waals surface area contributed by atoms with Gasteiger partial charge in [0.1, 0.15) is 11.6 Å². The molecule has 0 aliphatic carbocycles. The molecule has 112 valence electrons. The van der Waals surface area contributed by atoms with Gasteiger partial charge >= 0.3 is 0 Å². The Labute approximate surface area is 121 Å². The lowest BCUT2D eigenvalue weighted by molar-refractivity contribution is -0.114. The predicted molar refractivity (Wildman–Crippen MR) is 75.3 cm³/mol. The fourth-order valence-corrected chi connectivity index (χ4v) is 2.22. The van der Waals surface area contributed by atoms with Crippen LogP contribution in [0.15, 0.2) is 24.3 Å². The van der Waals surface area contributed by atoms with Crippen molar-refractivity contribution in [2.45, 2.75) is 13.3 Å². The number of halogens is 2. The van der Waals surface area contributed by atoms with Crippen LogP contribution in [0.3, 0.4) is 0 Å². The monoisotopic (exact) mass is 294 g/mol. The second kappa shape index (κ2) is 6.13. The molecule has 0 spiro atoms. The number of nitrogens with one attached hydrogen (secondary N) is 1. The third kappa shape index (κ3) is 2.85. The lowest BCUT2D eigenvalue weighted by atomic mass is 10.1. The molecule has 0 saturated heterocycles. The maximum atomic E-state index is 13.9. The molecule has 0 bridgehead atoms. The summed E-state index contributed by atoms with van der Waals surface area (Å²) < 4.78 is 27.5. The normalized spacial score (nSPS) is 13.8. The Morgan fingerprint density at radius 1 is 1.29 bits per heavy atom. The Hall–Kier alpha value is -2.08. The number of fused-ring (bicyclic) bond motifs is 1. The van der Waals surface area contributed by atoms with Crippen LogP contribution in [0.4, 0.5) is 14.5 Å². The van der Waals surface area contributed by atoms with E-state index < -0.39 is 28.9 Å². The van der Waals surface area contributed by atoms with Crippen LogP contribution in [-0.4, -0.2) is 31.3 Å². The first-order chi connectivity index (χ1) is 9.97. The number of benzene rings is 1. The van der Waals surface area contributed by atoms with Crippen LogP contribution in [-0.2, 0) is 4.79 Å². The fraction of sp³-hybridized carbons (Fsp3) is 0.333. The summed E-state index contributed by atoms with van der Waals surface area (Å²) in [7, 11) is 0. The lowest BCUT2D eigenvalue weighted by Gasteiger charge is -2.18. The molecule has 0 unspecified atom stereocenters. The van der Waals surface area contributed by atoms with Crippen molar-refractivity contribution >= 4 is 17.4 Å². The van der Waals surface area contributed by atoms with E-state index in [1.54, 1.807) is 0 Å². The first-order valence-electron chi connectivity index (χ1n) is 6.69. The van der Waals surface area contributed by atoms with Gasteiger partial charge in [0, 0.05) is 13.1 Å². The molecule has 21 heavy (non-hydrogen) atoms. The van der Waals surface area contributed by atoms with Gasteiger partial charge in [-0.25, -0.2) is 8.78 Å². The Morgan fingerprint density at radius 3 is 2.62 bits per heavy atom. The van der Waals surface area contributed by atoms with Crippen LogP contribution in [0, 0.1) is 11.6 Å². The molecule has 0 saturated carbocycles. The molecule has 0 aromatic heterocycles. The second-order valence-electron chi connectivity index (χ2n) is 4.90. The standard InChI is InChI=1S/C15H16F2N2O2/c1-3-6-18-7-9(2)8-19-13-11(17)5-4-10(16)12(13)14(20)15(19)21/h4-5,18H,2-3,6-8H2,1H3. The summed E-state index contributed by atoms with van der Waals surface area (Å²) in [5, 5.41) is 3.09. The summed E-state index contributed by atoms with van der Waals surface area (Å²) in [6.07, 6.45) is 0.942. The summed E-state index contributed by atoms with van der Waals surface area (Å²) >= 11 is 0. The molecular weight excluding hydrogens is 278 g/mol. The van der Waals surface area contributed by atoms with Crippen LogP contribution in [0.1, 0.15) is 23.7 Å². The SMILES string of the molecule is C=C(CNCCC)CN1C(=O)C(=O)c2c(F)ccc(F)c21. The van der Waals surface area contributed by atoms with E-state index in [1.807, 2.05) is 6.92 Å². The molecule has 1 N–H and O–H groups in total. The van der Waals surface area contributed by atoms with Crippen molar-refractivity contribution in [3.8, 4) is 0 Å². The van der Waals surface area contributed by atoms with E-state index in [9.17, 15) is 18.4 Å². The van der Waals surface area contributed by atoms with E-state index in [0.29, 0.717) is 12.1 Å². The number of anilines is 1. The van der Waals surface area contributed by atoms with Gasteiger partial charge in [0.15, 0.2) is 0 Å². The van der Waals surface area contributed by atoms with Gasteiger partial charge in [-0.2, -0.15) is 0 Å². The van der Waals surface area contributed by atoms with Crippen LogP contribution >= 0.6 is 0 Å². The number of ketones is 1. The third-order valence-electron chi connectivity index (χ3n) is 3.20. The van der Waals surface area contributed by atoms with Crippen LogP contribution in [0.2, 0.25) is 0 Å². The average molecular weight is 294 g/mol. The van der Waals surface area contributed by atoms with E-state index in [2.05, 4.69) is 11.9 Å². The molecule has 6 heteroatoms. The van der Waals surface area contributed by atoms with Crippen molar-refractivity contribution in [2.24, 2.45) is 0 Å². The van der Waals surface area contributed by atoms with Gasteiger partial charge in [0.25, 0.3) is 11.7 Å². The Balaban J connectivity index is 2.23. The largest absolute Gasteiger partial charge is 0.313 e. The van der Waals surface area contributed by atoms with E-state index in [0.717, 1.165) is 30.0 Å². The van der Waals surface area contributed by atoms with Crippen molar-refractivity contribution in [1.29, 1.82) is 0 Å². The van der Waals surface area contributed by atoms with Crippen molar-refractivity contribution in [3.05, 3.63) is 41.5 Å². The van der Waals surface area contributed by atoms with Crippen molar-refractivity contribution < 1.29 is 18.4 Å². The highest BCUT2D eigenvalue weighted by molar-refractivity contribution is 6.52. The molecule has 0 atom stereocenters. The zero-order chi connectivity index (χ0) is 15.6. The van der Waals surface area contributed by atoms with Crippen molar-refractivity contribution in [3.63, 3.8) is 0 Å². The molecule has 2 rings (SSSR count). The van der Waals surface area contributed by atoms with Crippen molar-refractivity contribution in [1.82, 2.24) is 5.32 Å². The number of carbonyl (C=O) groups excluding carboxylic acids is 2. The van der Waals surface area contributed by atoms with Crippen LogP contribution in [0.25, 0.3) is 0 Å². The molecule has 4 nitrogen and oxygen atoms in total. The molecule has 1 heterocycles. The van der Waals surface area contributed by atoms with Crippen molar-refractivity contribution in [2.75, 3.05) is 24.5 Å². The summed E-state index contributed by atoms with van der Waals surface area (Å²) in [6, 6.07) is 1.76. The number of carbonyl (C=O) groups is 2. The van der Waals surface area contributed by atoms with E-state index in [1.165, 1.54) is 0 Å². The van der Waals surface area contributed by atoms with Gasteiger partial charge in [0.2, 0.25) is 0 Å². The summed E-state index contributed by atoms with van der Waals surface area (Å²) in [5.41, 5.74) is -0.169. The topological polar surface area (TPSA) is 49.4 Å². The first-order valence-corrected chi connectivity index (χ1v) is 6.69.